The molecule has 11 heteroatoms. The molecule has 3 aromatic rings. The van der Waals surface area contributed by atoms with Gasteiger partial charge in [0.2, 0.25) is 0 Å². The molecule has 1 aliphatic heterocycles. The lowest BCUT2D eigenvalue weighted by atomic mass is 10.0. The number of nitrogens with zero attached hydrogens (tertiary/aromatic N) is 4. The first-order valence-electron chi connectivity index (χ1n) is 11.9. The van der Waals surface area contributed by atoms with Crippen LogP contribution < -0.4 is 10.6 Å². The van der Waals surface area contributed by atoms with Crippen molar-refractivity contribution in [1.82, 2.24) is 25.0 Å². The summed E-state index contributed by atoms with van der Waals surface area (Å²) >= 11 is 0. The van der Waals surface area contributed by atoms with Crippen molar-refractivity contribution in [2.24, 2.45) is 0 Å². The molecule has 1 aromatic carbocycles. The van der Waals surface area contributed by atoms with E-state index in [4.69, 9.17) is 0 Å². The van der Waals surface area contributed by atoms with E-state index in [1.807, 2.05) is 11.8 Å². The van der Waals surface area contributed by atoms with Gasteiger partial charge in [-0.25, -0.2) is 9.78 Å². The molecule has 1 saturated heterocycles. The van der Waals surface area contributed by atoms with Crippen LogP contribution in [0.15, 0.2) is 42.7 Å². The van der Waals surface area contributed by atoms with Crippen LogP contribution in [0.2, 0.25) is 0 Å². The molecular formula is C26H28F3N7O. The highest BCUT2D eigenvalue weighted by Gasteiger charge is 2.34. The molecule has 0 aliphatic carbocycles. The Morgan fingerprint density at radius 2 is 1.84 bits per heavy atom. The number of aryl methyl sites for hydroxylation is 1. The number of carbonyl (C=O) groups is 1. The smallest absolute Gasteiger partial charge is 0.308 e. The van der Waals surface area contributed by atoms with Crippen LogP contribution in [0.5, 0.6) is 0 Å². The number of aromatic amines is 1. The van der Waals surface area contributed by atoms with Crippen LogP contribution in [0.25, 0.3) is 0 Å². The Bertz CT molecular complexity index is 1300. The zero-order valence-corrected chi connectivity index (χ0v) is 20.6. The van der Waals surface area contributed by atoms with E-state index in [1.165, 1.54) is 18.3 Å². The van der Waals surface area contributed by atoms with Crippen molar-refractivity contribution in [2.75, 3.05) is 43.4 Å². The van der Waals surface area contributed by atoms with E-state index < -0.39 is 17.8 Å². The van der Waals surface area contributed by atoms with Crippen LogP contribution in [-0.2, 0) is 12.7 Å². The summed E-state index contributed by atoms with van der Waals surface area (Å²) in [4.78, 5) is 20.9. The molecule has 0 saturated carbocycles. The predicted octanol–water partition coefficient (Wildman–Crippen LogP) is 4.31. The Morgan fingerprint density at radius 1 is 1.08 bits per heavy atom. The summed E-state index contributed by atoms with van der Waals surface area (Å²) in [5, 5.41) is 11.7. The van der Waals surface area contributed by atoms with Crippen LogP contribution in [0.3, 0.4) is 0 Å². The Morgan fingerprint density at radius 3 is 2.51 bits per heavy atom. The minimum Gasteiger partial charge on any atom is -0.308 e. The van der Waals surface area contributed by atoms with Crippen LogP contribution in [0.1, 0.15) is 34.9 Å². The molecule has 0 spiro atoms. The highest BCUT2D eigenvalue weighted by atomic mass is 19.4. The van der Waals surface area contributed by atoms with Gasteiger partial charge in [0, 0.05) is 55.9 Å². The first-order valence-corrected chi connectivity index (χ1v) is 11.9. The number of alkyl halides is 3. The maximum absolute atomic E-state index is 13.8. The molecule has 37 heavy (non-hydrogen) atoms. The Labute approximate surface area is 213 Å². The van der Waals surface area contributed by atoms with Crippen molar-refractivity contribution in [3.63, 3.8) is 0 Å². The number of H-pyrrole nitrogens is 1. The molecule has 2 amide bonds. The fourth-order valence-corrected chi connectivity index (χ4v) is 4.03. The topological polar surface area (TPSA) is 89.2 Å². The number of nitrogens with one attached hydrogen (secondary N) is 3. The van der Waals surface area contributed by atoms with E-state index in [1.54, 1.807) is 18.3 Å². The highest BCUT2D eigenvalue weighted by molar-refractivity contribution is 5.99. The normalized spacial score (nSPS) is 14.6. The second-order valence-electron chi connectivity index (χ2n) is 8.75. The van der Waals surface area contributed by atoms with Crippen LogP contribution in [0, 0.1) is 18.8 Å². The Kier molecular flexibility index (Phi) is 8.11. The summed E-state index contributed by atoms with van der Waals surface area (Å²) < 4.78 is 41.5. The third-order valence-corrected chi connectivity index (χ3v) is 6.15. The van der Waals surface area contributed by atoms with Gasteiger partial charge < -0.3 is 10.2 Å². The van der Waals surface area contributed by atoms with Crippen molar-refractivity contribution in [3.05, 3.63) is 70.7 Å². The fraction of sp³-hybridized carbons (Fsp3) is 0.346. The number of rotatable bonds is 5. The van der Waals surface area contributed by atoms with E-state index in [9.17, 15) is 18.0 Å². The number of hydrogen-bond donors (Lipinski definition) is 3. The number of amides is 2. The summed E-state index contributed by atoms with van der Waals surface area (Å²) in [5.74, 6) is 6.16. The summed E-state index contributed by atoms with van der Waals surface area (Å²) in [6.45, 7) is 8.16. The highest BCUT2D eigenvalue weighted by Crippen LogP contribution is 2.34. The molecular weight excluding hydrogens is 483 g/mol. The predicted molar refractivity (Wildman–Crippen MR) is 135 cm³/mol. The van der Waals surface area contributed by atoms with E-state index in [0.717, 1.165) is 37.0 Å². The lowest BCUT2D eigenvalue weighted by Crippen LogP contribution is -2.45. The molecule has 4 rings (SSSR count). The molecule has 8 nitrogen and oxygen atoms in total. The van der Waals surface area contributed by atoms with Crippen LogP contribution in [0.4, 0.5) is 29.5 Å². The maximum Gasteiger partial charge on any atom is 0.416 e. The van der Waals surface area contributed by atoms with Gasteiger partial charge in [-0.05, 0) is 43.3 Å². The van der Waals surface area contributed by atoms with Gasteiger partial charge in [0.25, 0.3) is 0 Å². The number of aromatic nitrogens is 3. The maximum atomic E-state index is 13.8. The van der Waals surface area contributed by atoms with Crippen LogP contribution >= 0.6 is 0 Å². The Balaban J connectivity index is 1.42. The quantitative estimate of drug-likeness (QED) is 0.444. The second-order valence-corrected chi connectivity index (χ2v) is 8.75. The van der Waals surface area contributed by atoms with E-state index >= 15 is 0 Å². The van der Waals surface area contributed by atoms with Crippen molar-refractivity contribution >= 4 is 17.5 Å². The average molecular weight is 512 g/mol. The molecule has 0 radical (unpaired) electrons. The molecule has 3 N–H and O–H groups in total. The fourth-order valence-electron chi connectivity index (χ4n) is 4.03. The SMILES string of the molecule is CCN1CCN(Cc2ccc(NC(=O)Nc3cc(C#Cc4cn[nH]c4C)ccn3)cc2C(F)(F)F)CC1. The molecule has 0 bridgehead atoms. The number of likely N-dealkylation sites (N-methyl/N-ethyl adjacent to an activating group) is 1. The molecule has 0 atom stereocenters. The number of anilines is 2. The molecule has 3 heterocycles. The van der Waals surface area contributed by atoms with E-state index in [0.29, 0.717) is 18.7 Å². The number of piperazine rings is 1. The Hall–Kier alpha value is -3.88. The number of hydrogen-bond acceptors (Lipinski definition) is 5. The van der Waals surface area contributed by atoms with Crippen molar-refractivity contribution in [1.29, 1.82) is 0 Å². The monoisotopic (exact) mass is 511 g/mol. The van der Waals surface area contributed by atoms with Gasteiger partial charge in [-0.3, -0.25) is 15.3 Å². The van der Waals surface area contributed by atoms with Crippen LogP contribution in [-0.4, -0.2) is 63.7 Å². The van der Waals surface area contributed by atoms with Crippen molar-refractivity contribution < 1.29 is 18.0 Å². The zero-order valence-electron chi connectivity index (χ0n) is 20.6. The summed E-state index contributed by atoms with van der Waals surface area (Å²) in [6, 6.07) is 6.43. The first-order chi connectivity index (χ1) is 17.7. The van der Waals surface area contributed by atoms with Gasteiger partial charge in [-0.1, -0.05) is 24.8 Å². The van der Waals surface area contributed by atoms with Gasteiger partial charge in [-0.2, -0.15) is 18.3 Å². The molecule has 1 fully saturated rings. The molecule has 1 aliphatic rings. The summed E-state index contributed by atoms with van der Waals surface area (Å²) in [5.41, 5.74) is 1.65. The lowest BCUT2D eigenvalue weighted by molar-refractivity contribution is -0.138. The standard InChI is InChI=1S/C26H28F3N7O/c1-3-35-10-12-36(13-11-35)17-21-6-7-22(15-23(21)26(27,28)29)32-25(37)33-24-14-19(8-9-30-24)4-5-20-16-31-34-18(20)2/h6-9,14-16H,3,10-13,17H2,1-2H3,(H,31,34)(H2,30,32,33,37). The minimum atomic E-state index is -4.55. The first kappa shape index (κ1) is 26.2. The number of benzene rings is 1. The van der Waals surface area contributed by atoms with Gasteiger partial charge in [0.15, 0.2) is 0 Å². The number of urea groups is 1. The van der Waals surface area contributed by atoms with Gasteiger partial charge in [-0.15, -0.1) is 0 Å². The number of carbonyl (C=O) groups excluding carboxylic acids is 1. The lowest BCUT2D eigenvalue weighted by Gasteiger charge is -2.34. The van der Waals surface area contributed by atoms with Gasteiger partial charge in [0.1, 0.15) is 5.82 Å². The zero-order chi connectivity index (χ0) is 26.4. The third-order valence-electron chi connectivity index (χ3n) is 6.15. The molecule has 0 unspecified atom stereocenters. The van der Waals surface area contributed by atoms with Crippen molar-refractivity contribution in [2.45, 2.75) is 26.6 Å². The minimum absolute atomic E-state index is 0.0377. The van der Waals surface area contributed by atoms with Gasteiger partial charge in [0.05, 0.1) is 17.3 Å². The largest absolute Gasteiger partial charge is 0.416 e. The van der Waals surface area contributed by atoms with Gasteiger partial charge >= 0.3 is 12.2 Å². The van der Waals surface area contributed by atoms with Crippen molar-refractivity contribution in [3.8, 4) is 11.8 Å². The molecule has 2 aromatic heterocycles. The summed E-state index contributed by atoms with van der Waals surface area (Å²) in [6.07, 6.45) is -1.45. The van der Waals surface area contributed by atoms with E-state index in [2.05, 4.69) is 49.5 Å². The summed E-state index contributed by atoms with van der Waals surface area (Å²) in [7, 11) is 0. The number of pyridine rings is 1. The average Bonchev–Trinajstić information content (AvgIpc) is 3.28. The second kappa shape index (κ2) is 11.5. The molecule has 194 valence electrons. The number of halogens is 3. The third kappa shape index (κ3) is 7.09. The van der Waals surface area contributed by atoms with E-state index in [-0.39, 0.29) is 23.6 Å².